The summed E-state index contributed by atoms with van der Waals surface area (Å²) >= 11 is 0. The Morgan fingerprint density at radius 3 is 2.67 bits per heavy atom. The molecular weight excluding hydrogens is 236 g/mol. The third-order valence-electron chi connectivity index (χ3n) is 3.66. The molecule has 0 aliphatic carbocycles. The van der Waals surface area contributed by atoms with Crippen LogP contribution in [0.25, 0.3) is 0 Å². The summed E-state index contributed by atoms with van der Waals surface area (Å²) in [6.07, 6.45) is -0.0656. The lowest BCUT2D eigenvalue weighted by Gasteiger charge is -2.27. The van der Waals surface area contributed by atoms with E-state index >= 15 is 0 Å². The zero-order valence-corrected chi connectivity index (χ0v) is 11.0. The summed E-state index contributed by atoms with van der Waals surface area (Å²) in [5.74, 6) is -0.614. The summed E-state index contributed by atoms with van der Waals surface area (Å²) in [5.41, 5.74) is 1.10. The zero-order valence-electron chi connectivity index (χ0n) is 11.0. The quantitative estimate of drug-likeness (QED) is 0.695. The Labute approximate surface area is 107 Å². The molecule has 5 heteroatoms. The summed E-state index contributed by atoms with van der Waals surface area (Å²) in [6, 6.07) is 0. The van der Waals surface area contributed by atoms with Gasteiger partial charge in [-0.1, -0.05) is 6.58 Å². The van der Waals surface area contributed by atoms with Crippen molar-refractivity contribution < 1.29 is 23.7 Å². The van der Waals surface area contributed by atoms with Crippen LogP contribution >= 0.6 is 0 Å². The van der Waals surface area contributed by atoms with Crippen LogP contribution in [0.1, 0.15) is 20.3 Å². The normalized spacial score (nSPS) is 46.6. The average molecular weight is 256 g/mol. The van der Waals surface area contributed by atoms with Crippen LogP contribution in [0.4, 0.5) is 0 Å². The molecule has 0 aromatic rings. The second-order valence-electron chi connectivity index (χ2n) is 5.57. The predicted octanol–water partition coefficient (Wildman–Crippen LogP) is 1.22. The Balaban J connectivity index is 1.74. The first-order valence-electron chi connectivity index (χ1n) is 6.32. The van der Waals surface area contributed by atoms with Gasteiger partial charge in [0.05, 0.1) is 12.7 Å². The Morgan fingerprint density at radius 1 is 1.28 bits per heavy atom. The summed E-state index contributed by atoms with van der Waals surface area (Å²) in [6.45, 7) is 8.30. The number of fused-ring (bicyclic) bond motifs is 1. The second kappa shape index (κ2) is 4.28. The molecule has 3 rings (SSSR count). The van der Waals surface area contributed by atoms with Gasteiger partial charge in [-0.2, -0.15) is 0 Å². The van der Waals surface area contributed by atoms with E-state index in [4.69, 9.17) is 23.7 Å². The molecule has 18 heavy (non-hydrogen) atoms. The number of hydrogen-bond donors (Lipinski definition) is 0. The standard InChI is InChI=1S/C13H20O5/c1-7-5-8(15-6-7)9-10(14-4)11-12(16-9)18-13(2,3)17-11/h8-12H,1,5-6H2,2-4H3/t8?,9-,10+,11-,12-/m1/s1. The van der Waals surface area contributed by atoms with Gasteiger partial charge in [0.15, 0.2) is 12.1 Å². The lowest BCUT2D eigenvalue weighted by Crippen LogP contribution is -2.41. The van der Waals surface area contributed by atoms with E-state index in [-0.39, 0.29) is 30.7 Å². The van der Waals surface area contributed by atoms with Crippen molar-refractivity contribution in [2.24, 2.45) is 0 Å². The SMILES string of the molecule is C=C1COC([C@H]2O[C@@H]3OC(C)(C)O[C@@H]3[C@H]2OC)C1. The summed E-state index contributed by atoms with van der Waals surface area (Å²) in [5, 5.41) is 0. The van der Waals surface area contributed by atoms with Gasteiger partial charge in [0.2, 0.25) is 0 Å². The molecule has 102 valence electrons. The number of rotatable bonds is 2. The zero-order chi connectivity index (χ0) is 12.9. The van der Waals surface area contributed by atoms with Crippen molar-refractivity contribution in [2.75, 3.05) is 13.7 Å². The van der Waals surface area contributed by atoms with Crippen molar-refractivity contribution in [1.82, 2.24) is 0 Å². The molecule has 3 saturated heterocycles. The molecular formula is C13H20O5. The van der Waals surface area contributed by atoms with E-state index < -0.39 is 5.79 Å². The molecule has 0 aromatic heterocycles. The molecule has 0 radical (unpaired) electrons. The molecule has 0 amide bonds. The number of ether oxygens (including phenoxy) is 5. The first kappa shape index (κ1) is 12.6. The van der Waals surface area contributed by atoms with Crippen LogP contribution in [-0.4, -0.2) is 50.2 Å². The van der Waals surface area contributed by atoms with Gasteiger partial charge in [-0.05, 0) is 25.8 Å². The highest BCUT2D eigenvalue weighted by Gasteiger charge is 2.57. The monoisotopic (exact) mass is 256 g/mol. The number of methoxy groups -OCH3 is 1. The summed E-state index contributed by atoms with van der Waals surface area (Å²) in [7, 11) is 1.67. The highest BCUT2D eigenvalue weighted by atomic mass is 16.8. The van der Waals surface area contributed by atoms with E-state index in [1.54, 1.807) is 7.11 Å². The molecule has 3 aliphatic heterocycles. The maximum atomic E-state index is 5.92. The molecule has 5 nitrogen and oxygen atoms in total. The topological polar surface area (TPSA) is 46.2 Å². The van der Waals surface area contributed by atoms with Crippen molar-refractivity contribution in [3.63, 3.8) is 0 Å². The van der Waals surface area contributed by atoms with Crippen molar-refractivity contribution in [3.8, 4) is 0 Å². The van der Waals surface area contributed by atoms with Gasteiger partial charge in [0.1, 0.15) is 18.3 Å². The molecule has 3 heterocycles. The fraction of sp³-hybridized carbons (Fsp3) is 0.846. The smallest absolute Gasteiger partial charge is 0.190 e. The Bertz CT molecular complexity index is 353. The minimum absolute atomic E-state index is 0.0108. The van der Waals surface area contributed by atoms with Crippen LogP contribution in [0.2, 0.25) is 0 Å². The van der Waals surface area contributed by atoms with Crippen LogP contribution < -0.4 is 0 Å². The van der Waals surface area contributed by atoms with Gasteiger partial charge in [0.25, 0.3) is 0 Å². The van der Waals surface area contributed by atoms with Crippen molar-refractivity contribution >= 4 is 0 Å². The first-order valence-corrected chi connectivity index (χ1v) is 6.32. The third kappa shape index (κ3) is 2.00. The van der Waals surface area contributed by atoms with E-state index in [2.05, 4.69) is 6.58 Å². The predicted molar refractivity (Wildman–Crippen MR) is 63.0 cm³/mol. The van der Waals surface area contributed by atoms with Gasteiger partial charge in [-0.3, -0.25) is 0 Å². The maximum Gasteiger partial charge on any atom is 0.190 e. The minimum Gasteiger partial charge on any atom is -0.376 e. The van der Waals surface area contributed by atoms with Crippen LogP contribution in [0.15, 0.2) is 12.2 Å². The van der Waals surface area contributed by atoms with Gasteiger partial charge in [-0.15, -0.1) is 0 Å². The Hall–Kier alpha value is -0.460. The van der Waals surface area contributed by atoms with E-state index in [1.165, 1.54) is 0 Å². The fourth-order valence-electron chi connectivity index (χ4n) is 2.91. The van der Waals surface area contributed by atoms with E-state index in [9.17, 15) is 0 Å². The molecule has 0 saturated carbocycles. The van der Waals surface area contributed by atoms with Crippen LogP contribution in [0, 0.1) is 0 Å². The Kier molecular flexibility index (Phi) is 2.99. The van der Waals surface area contributed by atoms with Crippen molar-refractivity contribution in [1.29, 1.82) is 0 Å². The molecule has 0 aromatic carbocycles. The molecule has 0 spiro atoms. The highest BCUT2D eigenvalue weighted by Crippen LogP contribution is 2.41. The minimum atomic E-state index is -0.614. The first-order chi connectivity index (χ1) is 8.50. The molecule has 0 bridgehead atoms. The average Bonchev–Trinajstić information content (AvgIpc) is 2.89. The Morgan fingerprint density at radius 2 is 2.06 bits per heavy atom. The van der Waals surface area contributed by atoms with Crippen LogP contribution in [0.3, 0.4) is 0 Å². The number of hydrogen-bond acceptors (Lipinski definition) is 5. The van der Waals surface area contributed by atoms with E-state index in [0.717, 1.165) is 12.0 Å². The summed E-state index contributed by atoms with van der Waals surface area (Å²) < 4.78 is 28.7. The van der Waals surface area contributed by atoms with Crippen LogP contribution in [0.5, 0.6) is 0 Å². The van der Waals surface area contributed by atoms with Gasteiger partial charge >= 0.3 is 0 Å². The highest BCUT2D eigenvalue weighted by molar-refractivity contribution is 5.07. The molecule has 3 aliphatic rings. The van der Waals surface area contributed by atoms with Gasteiger partial charge in [-0.25, -0.2) is 0 Å². The third-order valence-corrected chi connectivity index (χ3v) is 3.66. The lowest BCUT2D eigenvalue weighted by molar-refractivity contribution is -0.228. The fourth-order valence-corrected chi connectivity index (χ4v) is 2.91. The molecule has 5 atom stereocenters. The largest absolute Gasteiger partial charge is 0.376 e. The summed E-state index contributed by atoms with van der Waals surface area (Å²) in [4.78, 5) is 0. The van der Waals surface area contributed by atoms with E-state index in [1.807, 2.05) is 13.8 Å². The van der Waals surface area contributed by atoms with Gasteiger partial charge in [0, 0.05) is 7.11 Å². The van der Waals surface area contributed by atoms with Gasteiger partial charge < -0.3 is 23.7 Å². The maximum absolute atomic E-state index is 5.92. The van der Waals surface area contributed by atoms with Crippen molar-refractivity contribution in [2.45, 2.75) is 56.8 Å². The molecule has 1 unspecified atom stereocenters. The molecule has 0 N–H and O–H groups in total. The lowest BCUT2D eigenvalue weighted by atomic mass is 10.0. The molecule has 3 fully saturated rings. The van der Waals surface area contributed by atoms with E-state index in [0.29, 0.717) is 6.61 Å². The second-order valence-corrected chi connectivity index (χ2v) is 5.57. The van der Waals surface area contributed by atoms with Crippen LogP contribution in [-0.2, 0) is 23.7 Å². The van der Waals surface area contributed by atoms with Crippen molar-refractivity contribution in [3.05, 3.63) is 12.2 Å².